The molecule has 0 unspecified atom stereocenters. The van der Waals surface area contributed by atoms with Crippen LogP contribution in [0.1, 0.15) is 0 Å². The van der Waals surface area contributed by atoms with Gasteiger partial charge in [-0.25, -0.2) is 4.79 Å². The molecule has 0 radical (unpaired) electrons. The van der Waals surface area contributed by atoms with Crippen molar-refractivity contribution in [2.24, 2.45) is 0 Å². The number of aromatic amines is 1. The standard InChI is InChI=1S/C11H11N5O/c17-11-12-5-7-15(11)9-1-3-10(4-2-9)16-8-6-13-14-16/h1-8,13-14H,(H,12,17). The van der Waals surface area contributed by atoms with Gasteiger partial charge in [0.25, 0.3) is 0 Å². The van der Waals surface area contributed by atoms with E-state index in [0.717, 1.165) is 11.4 Å². The van der Waals surface area contributed by atoms with Crippen LogP contribution in [0.15, 0.2) is 53.9 Å². The molecule has 6 nitrogen and oxygen atoms in total. The van der Waals surface area contributed by atoms with E-state index in [0.29, 0.717) is 0 Å². The number of hydrogen-bond donors (Lipinski definition) is 3. The Morgan fingerprint density at radius 2 is 1.82 bits per heavy atom. The third kappa shape index (κ3) is 1.70. The van der Waals surface area contributed by atoms with Crippen LogP contribution in [0.2, 0.25) is 0 Å². The molecule has 6 heteroatoms. The first-order valence-corrected chi connectivity index (χ1v) is 5.18. The fourth-order valence-corrected chi connectivity index (χ4v) is 1.70. The van der Waals surface area contributed by atoms with Gasteiger partial charge >= 0.3 is 5.69 Å². The van der Waals surface area contributed by atoms with Crippen LogP contribution in [0.5, 0.6) is 0 Å². The molecule has 0 saturated carbocycles. The van der Waals surface area contributed by atoms with Crippen LogP contribution in [0.4, 0.5) is 5.69 Å². The van der Waals surface area contributed by atoms with E-state index in [2.05, 4.69) is 15.9 Å². The third-order valence-electron chi connectivity index (χ3n) is 2.55. The van der Waals surface area contributed by atoms with E-state index in [4.69, 9.17) is 0 Å². The smallest absolute Gasteiger partial charge is 0.312 e. The van der Waals surface area contributed by atoms with Gasteiger partial charge in [0.05, 0.1) is 11.4 Å². The SMILES string of the molecule is O=c1[nH]ccn1-c1ccc(N2C=CNN2)cc1. The van der Waals surface area contributed by atoms with Crippen molar-refractivity contribution < 1.29 is 0 Å². The minimum Gasteiger partial charge on any atom is -0.312 e. The Morgan fingerprint density at radius 3 is 2.41 bits per heavy atom. The van der Waals surface area contributed by atoms with E-state index in [-0.39, 0.29) is 5.69 Å². The lowest BCUT2D eigenvalue weighted by Crippen LogP contribution is -2.35. The van der Waals surface area contributed by atoms with Crippen LogP contribution in [0.3, 0.4) is 0 Å². The molecule has 17 heavy (non-hydrogen) atoms. The maximum atomic E-state index is 11.4. The van der Waals surface area contributed by atoms with Gasteiger partial charge in [-0.15, -0.1) is 5.53 Å². The molecule has 0 amide bonds. The van der Waals surface area contributed by atoms with Gasteiger partial charge in [-0.2, -0.15) is 0 Å². The van der Waals surface area contributed by atoms with Gasteiger partial charge in [-0.1, -0.05) is 0 Å². The molecule has 86 valence electrons. The quantitative estimate of drug-likeness (QED) is 0.700. The third-order valence-corrected chi connectivity index (χ3v) is 2.55. The van der Waals surface area contributed by atoms with Crippen molar-refractivity contribution in [1.29, 1.82) is 0 Å². The summed E-state index contributed by atoms with van der Waals surface area (Å²) in [6, 6.07) is 7.63. The highest BCUT2D eigenvalue weighted by Gasteiger charge is 2.06. The summed E-state index contributed by atoms with van der Waals surface area (Å²) in [6.07, 6.45) is 6.99. The molecule has 0 bridgehead atoms. The van der Waals surface area contributed by atoms with Crippen LogP contribution in [0, 0.1) is 0 Å². The number of nitrogens with zero attached hydrogens (tertiary/aromatic N) is 2. The largest absolute Gasteiger partial charge is 0.330 e. The van der Waals surface area contributed by atoms with E-state index in [1.165, 1.54) is 0 Å². The Hall–Kier alpha value is -2.47. The molecule has 0 aliphatic carbocycles. The van der Waals surface area contributed by atoms with Crippen LogP contribution < -0.4 is 21.7 Å². The number of hydrogen-bond acceptors (Lipinski definition) is 4. The van der Waals surface area contributed by atoms with Gasteiger partial charge in [0, 0.05) is 24.8 Å². The molecule has 0 saturated heterocycles. The zero-order valence-electron chi connectivity index (χ0n) is 8.92. The second-order valence-electron chi connectivity index (χ2n) is 3.59. The van der Waals surface area contributed by atoms with Gasteiger partial charge in [-0.3, -0.25) is 9.58 Å². The van der Waals surface area contributed by atoms with Crippen molar-refractivity contribution in [3.05, 3.63) is 59.5 Å². The minimum absolute atomic E-state index is 0.140. The summed E-state index contributed by atoms with van der Waals surface area (Å²) < 4.78 is 1.55. The first-order valence-electron chi connectivity index (χ1n) is 5.18. The number of aromatic nitrogens is 2. The summed E-state index contributed by atoms with van der Waals surface area (Å²) >= 11 is 0. The highest BCUT2D eigenvalue weighted by atomic mass is 16.1. The van der Waals surface area contributed by atoms with Crippen molar-refractivity contribution in [3.63, 3.8) is 0 Å². The van der Waals surface area contributed by atoms with E-state index >= 15 is 0 Å². The number of benzene rings is 1. The van der Waals surface area contributed by atoms with E-state index in [1.807, 2.05) is 35.5 Å². The number of anilines is 1. The fraction of sp³-hybridized carbons (Fsp3) is 0. The normalized spacial score (nSPS) is 14.0. The Morgan fingerprint density at radius 1 is 1.06 bits per heavy atom. The molecule has 3 N–H and O–H groups in total. The highest BCUT2D eigenvalue weighted by molar-refractivity contribution is 5.52. The lowest BCUT2D eigenvalue weighted by atomic mass is 10.3. The first-order chi connectivity index (χ1) is 8.34. The summed E-state index contributed by atoms with van der Waals surface area (Å²) in [5.41, 5.74) is 7.47. The van der Waals surface area contributed by atoms with Crippen LogP contribution in [-0.2, 0) is 0 Å². The summed E-state index contributed by atoms with van der Waals surface area (Å²) in [5, 5.41) is 1.84. The van der Waals surface area contributed by atoms with Gasteiger partial charge in [0.1, 0.15) is 0 Å². The van der Waals surface area contributed by atoms with Crippen molar-refractivity contribution >= 4 is 5.69 Å². The van der Waals surface area contributed by atoms with Crippen LogP contribution in [0.25, 0.3) is 5.69 Å². The van der Waals surface area contributed by atoms with Gasteiger partial charge in [-0.05, 0) is 24.3 Å². The van der Waals surface area contributed by atoms with Crippen molar-refractivity contribution in [1.82, 2.24) is 20.5 Å². The molecule has 1 aromatic carbocycles. The monoisotopic (exact) mass is 229 g/mol. The van der Waals surface area contributed by atoms with E-state index < -0.39 is 0 Å². The highest BCUT2D eigenvalue weighted by Crippen LogP contribution is 2.16. The lowest BCUT2D eigenvalue weighted by molar-refractivity contribution is 0.680. The number of hydrazine groups is 2. The fourth-order valence-electron chi connectivity index (χ4n) is 1.70. The molecule has 2 heterocycles. The zero-order valence-corrected chi connectivity index (χ0v) is 8.92. The number of imidazole rings is 1. The Balaban J connectivity index is 1.92. The van der Waals surface area contributed by atoms with Crippen LogP contribution >= 0.6 is 0 Å². The van der Waals surface area contributed by atoms with Gasteiger partial charge in [0.2, 0.25) is 0 Å². The Kier molecular flexibility index (Phi) is 2.20. The van der Waals surface area contributed by atoms with E-state index in [1.54, 1.807) is 23.2 Å². The van der Waals surface area contributed by atoms with E-state index in [9.17, 15) is 4.79 Å². The Labute approximate surface area is 97.1 Å². The minimum atomic E-state index is -0.140. The van der Waals surface area contributed by atoms with Crippen LogP contribution in [-0.4, -0.2) is 9.55 Å². The molecule has 1 aliphatic rings. The first kappa shape index (κ1) is 9.73. The predicted octanol–water partition coefficient (Wildman–Crippen LogP) is 0.466. The summed E-state index contributed by atoms with van der Waals surface area (Å²) in [4.78, 5) is 14.0. The summed E-state index contributed by atoms with van der Waals surface area (Å²) in [5.74, 6) is 0. The van der Waals surface area contributed by atoms with Crippen molar-refractivity contribution in [2.45, 2.75) is 0 Å². The molecular formula is C11H11N5O. The topological polar surface area (TPSA) is 65.1 Å². The second-order valence-corrected chi connectivity index (χ2v) is 3.59. The molecule has 3 rings (SSSR count). The van der Waals surface area contributed by atoms with Gasteiger partial charge in [0.15, 0.2) is 0 Å². The van der Waals surface area contributed by atoms with Crippen molar-refractivity contribution in [3.8, 4) is 5.69 Å². The number of nitrogens with one attached hydrogen (secondary N) is 3. The average Bonchev–Trinajstić information content (AvgIpc) is 3.00. The maximum absolute atomic E-state index is 11.4. The number of H-pyrrole nitrogens is 1. The molecule has 0 atom stereocenters. The lowest BCUT2D eigenvalue weighted by Gasteiger charge is -2.15. The maximum Gasteiger partial charge on any atom is 0.330 e. The molecular weight excluding hydrogens is 218 g/mol. The van der Waals surface area contributed by atoms with Crippen molar-refractivity contribution in [2.75, 3.05) is 5.01 Å². The second kappa shape index (κ2) is 3.84. The number of rotatable bonds is 2. The summed E-state index contributed by atoms with van der Waals surface area (Å²) in [6.45, 7) is 0. The molecule has 0 spiro atoms. The predicted molar refractivity (Wildman–Crippen MR) is 64.3 cm³/mol. The Bertz CT molecular complexity index is 595. The molecule has 1 aromatic heterocycles. The zero-order chi connectivity index (χ0) is 11.7. The molecule has 2 aromatic rings. The molecule has 0 fully saturated rings. The molecule has 1 aliphatic heterocycles. The summed E-state index contributed by atoms with van der Waals surface area (Å²) in [7, 11) is 0. The van der Waals surface area contributed by atoms with Gasteiger partial charge < -0.3 is 10.4 Å². The average molecular weight is 229 g/mol.